The third kappa shape index (κ3) is 8.46. The number of hydrogen-bond acceptors (Lipinski definition) is 7. The summed E-state index contributed by atoms with van der Waals surface area (Å²) in [5, 5.41) is 24.6. The van der Waals surface area contributed by atoms with E-state index in [2.05, 4.69) is 16.0 Å². The highest BCUT2D eigenvalue weighted by atomic mass is 16.4. The van der Waals surface area contributed by atoms with E-state index in [1.165, 1.54) is 6.92 Å². The second-order valence-electron chi connectivity index (χ2n) is 6.32. The summed E-state index contributed by atoms with van der Waals surface area (Å²) in [5.74, 6) is -5.15. The quantitative estimate of drug-likeness (QED) is 0.187. The maximum atomic E-state index is 12.3. The molecule has 0 saturated carbocycles. The third-order valence-corrected chi connectivity index (χ3v) is 3.55. The number of carbonyl (C=O) groups is 5. The zero-order chi connectivity index (χ0) is 21.3. The molecule has 4 amide bonds. The summed E-state index contributed by atoms with van der Waals surface area (Å²) < 4.78 is 0. The SMILES string of the molecule is CC(NC(=O)C(N)CO)C(=O)NC(CC(N)=O)C(=O)NC(C(=O)O)C(C)C. The Bertz CT molecular complexity index is 581. The van der Waals surface area contributed by atoms with Crippen molar-refractivity contribution < 1.29 is 34.2 Å². The molecular formula is C15H27N5O7. The predicted molar refractivity (Wildman–Crippen MR) is 92.8 cm³/mol. The minimum absolute atomic E-state index is 0.449. The van der Waals surface area contributed by atoms with Gasteiger partial charge in [0.25, 0.3) is 0 Å². The van der Waals surface area contributed by atoms with E-state index >= 15 is 0 Å². The molecule has 0 rings (SSSR count). The second kappa shape index (κ2) is 11.1. The van der Waals surface area contributed by atoms with Crippen LogP contribution >= 0.6 is 0 Å². The van der Waals surface area contributed by atoms with Crippen LogP contribution in [0, 0.1) is 5.92 Å². The van der Waals surface area contributed by atoms with Crippen molar-refractivity contribution in [2.75, 3.05) is 6.61 Å². The first-order chi connectivity index (χ1) is 12.4. The highest BCUT2D eigenvalue weighted by molar-refractivity contribution is 5.95. The van der Waals surface area contributed by atoms with E-state index in [4.69, 9.17) is 21.7 Å². The number of amides is 4. The standard InChI is InChI=1S/C15H27N5O7/c1-6(2)11(15(26)27)20-14(25)9(4-10(17)22)19-12(23)7(3)18-13(24)8(16)5-21/h6-9,11,21H,4-5,16H2,1-3H3,(H2,17,22)(H,18,24)(H,19,23)(H,20,25)(H,26,27). The molecule has 0 aliphatic rings. The molecule has 0 radical (unpaired) electrons. The topological polar surface area (TPSA) is 214 Å². The largest absolute Gasteiger partial charge is 0.480 e. The van der Waals surface area contributed by atoms with Gasteiger partial charge in [-0.05, 0) is 12.8 Å². The summed E-state index contributed by atoms with van der Waals surface area (Å²) >= 11 is 0. The van der Waals surface area contributed by atoms with Crippen molar-refractivity contribution in [3.8, 4) is 0 Å². The molecule has 0 spiro atoms. The van der Waals surface area contributed by atoms with Gasteiger partial charge in [-0.2, -0.15) is 0 Å². The van der Waals surface area contributed by atoms with Gasteiger partial charge < -0.3 is 37.6 Å². The first-order valence-electron chi connectivity index (χ1n) is 8.19. The van der Waals surface area contributed by atoms with Crippen molar-refractivity contribution in [2.45, 2.75) is 51.4 Å². The number of carbonyl (C=O) groups excluding carboxylic acids is 4. The Morgan fingerprint density at radius 2 is 1.48 bits per heavy atom. The predicted octanol–water partition coefficient (Wildman–Crippen LogP) is -3.60. The summed E-state index contributed by atoms with van der Waals surface area (Å²) in [4.78, 5) is 58.4. The molecule has 0 heterocycles. The fourth-order valence-corrected chi connectivity index (χ4v) is 1.94. The average Bonchev–Trinajstić information content (AvgIpc) is 2.56. The van der Waals surface area contributed by atoms with Gasteiger partial charge in [0.1, 0.15) is 24.2 Å². The molecule has 0 saturated heterocycles. The van der Waals surface area contributed by atoms with Gasteiger partial charge in [-0.3, -0.25) is 19.2 Å². The highest BCUT2D eigenvalue weighted by Crippen LogP contribution is 2.04. The number of carboxylic acids is 1. The van der Waals surface area contributed by atoms with Crippen molar-refractivity contribution >= 4 is 29.6 Å². The normalized spacial score (nSPS) is 15.2. The number of hydrogen-bond donors (Lipinski definition) is 7. The molecule has 12 nitrogen and oxygen atoms in total. The van der Waals surface area contributed by atoms with Gasteiger partial charge >= 0.3 is 5.97 Å². The fraction of sp³-hybridized carbons (Fsp3) is 0.667. The lowest BCUT2D eigenvalue weighted by Gasteiger charge is -2.24. The van der Waals surface area contributed by atoms with Crippen molar-refractivity contribution in [1.82, 2.24) is 16.0 Å². The van der Waals surface area contributed by atoms with E-state index in [-0.39, 0.29) is 0 Å². The molecule has 154 valence electrons. The fourth-order valence-electron chi connectivity index (χ4n) is 1.94. The van der Waals surface area contributed by atoms with E-state index in [9.17, 15) is 24.0 Å². The molecule has 0 aromatic carbocycles. The molecule has 9 N–H and O–H groups in total. The van der Waals surface area contributed by atoms with Gasteiger partial charge in [-0.25, -0.2) is 4.79 Å². The van der Waals surface area contributed by atoms with Crippen molar-refractivity contribution in [2.24, 2.45) is 17.4 Å². The molecule has 4 unspecified atom stereocenters. The molecule has 0 aromatic rings. The first kappa shape index (κ1) is 24.3. The number of aliphatic hydroxyl groups is 1. The van der Waals surface area contributed by atoms with Gasteiger partial charge in [0.2, 0.25) is 23.6 Å². The molecular weight excluding hydrogens is 362 g/mol. The number of aliphatic hydroxyl groups excluding tert-OH is 1. The minimum Gasteiger partial charge on any atom is -0.480 e. The smallest absolute Gasteiger partial charge is 0.326 e. The van der Waals surface area contributed by atoms with Crippen LogP contribution in [-0.4, -0.2) is 70.6 Å². The Hall–Kier alpha value is -2.73. The second-order valence-corrected chi connectivity index (χ2v) is 6.32. The maximum Gasteiger partial charge on any atom is 0.326 e. The highest BCUT2D eigenvalue weighted by Gasteiger charge is 2.30. The van der Waals surface area contributed by atoms with Crippen molar-refractivity contribution in [3.63, 3.8) is 0 Å². The van der Waals surface area contributed by atoms with Crippen LogP contribution in [0.3, 0.4) is 0 Å². The van der Waals surface area contributed by atoms with Gasteiger partial charge in [-0.1, -0.05) is 13.8 Å². The summed E-state index contributed by atoms with van der Waals surface area (Å²) in [5.41, 5.74) is 10.4. The molecule has 0 aliphatic carbocycles. The number of primary amides is 1. The van der Waals surface area contributed by atoms with Crippen LogP contribution in [0.4, 0.5) is 0 Å². The molecule has 12 heteroatoms. The van der Waals surface area contributed by atoms with E-state index in [1.807, 2.05) is 0 Å². The van der Waals surface area contributed by atoms with Crippen molar-refractivity contribution in [3.05, 3.63) is 0 Å². The first-order valence-corrected chi connectivity index (χ1v) is 8.19. The summed E-state index contributed by atoms with van der Waals surface area (Å²) in [6.07, 6.45) is -0.571. The lowest BCUT2D eigenvalue weighted by Crippen LogP contribution is -2.57. The monoisotopic (exact) mass is 389 g/mol. The van der Waals surface area contributed by atoms with Crippen LogP contribution < -0.4 is 27.4 Å². The molecule has 4 atom stereocenters. The van der Waals surface area contributed by atoms with Crippen LogP contribution in [0.2, 0.25) is 0 Å². The number of nitrogens with one attached hydrogen (secondary N) is 3. The van der Waals surface area contributed by atoms with E-state index < -0.39 is 72.7 Å². The summed E-state index contributed by atoms with van der Waals surface area (Å²) in [7, 11) is 0. The lowest BCUT2D eigenvalue weighted by molar-refractivity contribution is -0.143. The van der Waals surface area contributed by atoms with Gasteiger partial charge in [0.05, 0.1) is 13.0 Å². The summed E-state index contributed by atoms with van der Waals surface area (Å²) in [6.45, 7) is 3.81. The summed E-state index contributed by atoms with van der Waals surface area (Å²) in [6, 6.07) is -5.03. The Balaban J connectivity index is 5.11. The van der Waals surface area contributed by atoms with Gasteiger partial charge in [0, 0.05) is 0 Å². The molecule has 0 aliphatic heterocycles. The number of nitrogens with two attached hydrogens (primary N) is 2. The lowest BCUT2D eigenvalue weighted by atomic mass is 10.0. The maximum absolute atomic E-state index is 12.3. The Morgan fingerprint density at radius 3 is 1.89 bits per heavy atom. The van der Waals surface area contributed by atoms with E-state index in [0.717, 1.165) is 0 Å². The van der Waals surface area contributed by atoms with Gasteiger partial charge in [0.15, 0.2) is 0 Å². The molecule has 0 aromatic heterocycles. The van der Waals surface area contributed by atoms with E-state index in [1.54, 1.807) is 13.8 Å². The van der Waals surface area contributed by atoms with Crippen LogP contribution in [-0.2, 0) is 24.0 Å². The van der Waals surface area contributed by atoms with Crippen LogP contribution in [0.1, 0.15) is 27.2 Å². The Kier molecular flexibility index (Phi) is 9.96. The number of rotatable bonds is 11. The molecule has 27 heavy (non-hydrogen) atoms. The Labute approximate surface area is 156 Å². The number of aliphatic carboxylic acids is 1. The van der Waals surface area contributed by atoms with Crippen LogP contribution in [0.5, 0.6) is 0 Å². The Morgan fingerprint density at radius 1 is 0.926 bits per heavy atom. The van der Waals surface area contributed by atoms with E-state index in [0.29, 0.717) is 0 Å². The van der Waals surface area contributed by atoms with Gasteiger partial charge in [-0.15, -0.1) is 0 Å². The molecule has 0 bridgehead atoms. The zero-order valence-electron chi connectivity index (χ0n) is 15.4. The average molecular weight is 389 g/mol. The molecule has 0 fully saturated rings. The van der Waals surface area contributed by atoms with Crippen molar-refractivity contribution in [1.29, 1.82) is 0 Å². The minimum atomic E-state index is -1.43. The third-order valence-electron chi connectivity index (χ3n) is 3.55. The van der Waals surface area contributed by atoms with Crippen LogP contribution in [0.15, 0.2) is 0 Å². The van der Waals surface area contributed by atoms with Crippen LogP contribution in [0.25, 0.3) is 0 Å². The number of carboxylic acid groups (broad SMARTS) is 1. The zero-order valence-corrected chi connectivity index (χ0v) is 15.4.